The van der Waals surface area contributed by atoms with Gasteiger partial charge in [0.05, 0.1) is 30.9 Å². The van der Waals surface area contributed by atoms with Gasteiger partial charge in [0.15, 0.2) is 5.69 Å². The average Bonchev–Trinajstić information content (AvgIpc) is 2.53. The molecule has 0 radical (unpaired) electrons. The minimum atomic E-state index is -5.25. The molecule has 6 nitrogen and oxygen atoms in total. The maximum absolute atomic E-state index is 13.3. The molecule has 0 N–H and O–H groups in total. The third kappa shape index (κ3) is 4.65. The van der Waals surface area contributed by atoms with Gasteiger partial charge < -0.3 is 14.2 Å². The lowest BCUT2D eigenvalue weighted by molar-refractivity contribution is -0.142. The van der Waals surface area contributed by atoms with Crippen LogP contribution in [0.15, 0.2) is 0 Å². The van der Waals surface area contributed by atoms with Crippen LogP contribution in [0.5, 0.6) is 0 Å². The van der Waals surface area contributed by atoms with E-state index >= 15 is 0 Å². The number of esters is 2. The zero-order valence-corrected chi connectivity index (χ0v) is 14.1. The topological polar surface area (TPSA) is 74.7 Å². The largest absolute Gasteiger partial charge is 0.462 e. The number of carbonyl (C=O) groups excluding carboxylic acids is 2. The van der Waals surface area contributed by atoms with E-state index in [1.807, 2.05) is 0 Å². The Bertz CT molecular complexity index is 675. The summed E-state index contributed by atoms with van der Waals surface area (Å²) >= 11 is 0. The molecule has 1 heterocycles. The van der Waals surface area contributed by atoms with Crippen LogP contribution in [-0.4, -0.2) is 37.2 Å². The summed E-state index contributed by atoms with van der Waals surface area (Å²) in [5, 5.41) is 0. The van der Waals surface area contributed by atoms with Crippen molar-refractivity contribution in [1.82, 2.24) is 4.98 Å². The Morgan fingerprint density at radius 3 is 1.92 bits per heavy atom. The summed E-state index contributed by atoms with van der Waals surface area (Å²) in [5.41, 5.74) is -6.15. The lowest BCUT2D eigenvalue weighted by atomic mass is 9.97. The lowest BCUT2D eigenvalue weighted by Crippen LogP contribution is -2.25. The summed E-state index contributed by atoms with van der Waals surface area (Å²) in [5.74, 6) is -2.81. The van der Waals surface area contributed by atoms with Crippen molar-refractivity contribution < 1.29 is 45.8 Å². The van der Waals surface area contributed by atoms with Crippen molar-refractivity contribution in [3.63, 3.8) is 0 Å². The molecule has 0 aliphatic carbocycles. The Morgan fingerprint density at radius 1 is 1.04 bits per heavy atom. The van der Waals surface area contributed by atoms with Crippen LogP contribution in [0, 0.1) is 0 Å². The number of pyridine rings is 1. The van der Waals surface area contributed by atoms with Crippen molar-refractivity contribution in [3.05, 3.63) is 28.1 Å². The van der Waals surface area contributed by atoms with Crippen LogP contribution in [0.4, 0.5) is 22.0 Å². The second-order valence-corrected chi connectivity index (χ2v) is 4.75. The molecule has 0 bridgehead atoms. The molecule has 1 aromatic heterocycles. The molecule has 0 saturated heterocycles. The van der Waals surface area contributed by atoms with E-state index in [1.54, 1.807) is 0 Å². The normalized spacial score (nSPS) is 11.6. The average molecular weight is 385 g/mol. The summed E-state index contributed by atoms with van der Waals surface area (Å²) in [7, 11) is 1.06. The molecule has 0 aromatic carbocycles. The maximum Gasteiger partial charge on any atom is 0.434 e. The smallest absolute Gasteiger partial charge is 0.434 e. The van der Waals surface area contributed by atoms with Gasteiger partial charge in [0.2, 0.25) is 0 Å². The SMILES string of the molecule is CCOC(=O)c1c(C(F)F)nc(C(F)(F)F)c(C(=O)OCC)c1COC. The van der Waals surface area contributed by atoms with E-state index in [4.69, 9.17) is 4.74 Å². The quantitative estimate of drug-likeness (QED) is 0.528. The summed E-state index contributed by atoms with van der Waals surface area (Å²) in [4.78, 5) is 27.0. The van der Waals surface area contributed by atoms with Crippen LogP contribution in [-0.2, 0) is 27.0 Å². The number of hydrogen-bond donors (Lipinski definition) is 0. The molecular weight excluding hydrogens is 369 g/mol. The fourth-order valence-corrected chi connectivity index (χ4v) is 2.16. The summed E-state index contributed by atoms with van der Waals surface area (Å²) < 4.78 is 80.5. The first-order valence-corrected chi connectivity index (χ1v) is 7.35. The summed E-state index contributed by atoms with van der Waals surface area (Å²) in [6, 6.07) is 0. The summed E-state index contributed by atoms with van der Waals surface area (Å²) in [6.07, 6.45) is -8.77. The fraction of sp³-hybridized carbons (Fsp3) is 0.533. The monoisotopic (exact) mass is 385 g/mol. The number of rotatable bonds is 7. The van der Waals surface area contributed by atoms with Crippen molar-refractivity contribution >= 4 is 11.9 Å². The van der Waals surface area contributed by atoms with Gasteiger partial charge in [0, 0.05) is 12.7 Å². The number of hydrogen-bond acceptors (Lipinski definition) is 6. The van der Waals surface area contributed by atoms with Gasteiger partial charge in [0.1, 0.15) is 5.69 Å². The van der Waals surface area contributed by atoms with Crippen molar-refractivity contribution in [2.45, 2.75) is 33.1 Å². The molecule has 0 atom stereocenters. The summed E-state index contributed by atoms with van der Waals surface area (Å²) in [6.45, 7) is 1.46. The Balaban J connectivity index is 3.96. The van der Waals surface area contributed by atoms with E-state index < -0.39 is 59.2 Å². The number of halogens is 5. The molecule has 146 valence electrons. The molecule has 26 heavy (non-hydrogen) atoms. The van der Waals surface area contributed by atoms with E-state index in [2.05, 4.69) is 14.5 Å². The molecular formula is C15H16F5NO5. The fourth-order valence-electron chi connectivity index (χ4n) is 2.16. The highest BCUT2D eigenvalue weighted by atomic mass is 19.4. The predicted molar refractivity (Wildman–Crippen MR) is 76.8 cm³/mol. The van der Waals surface area contributed by atoms with Crippen LogP contribution in [0.3, 0.4) is 0 Å². The van der Waals surface area contributed by atoms with E-state index in [0.717, 1.165) is 7.11 Å². The minimum absolute atomic E-state index is 0.232. The molecule has 0 saturated carbocycles. The van der Waals surface area contributed by atoms with E-state index in [-0.39, 0.29) is 13.2 Å². The number of methoxy groups -OCH3 is 1. The molecule has 0 aliphatic rings. The van der Waals surface area contributed by atoms with Crippen molar-refractivity contribution in [2.75, 3.05) is 20.3 Å². The van der Waals surface area contributed by atoms with Gasteiger partial charge in [0.25, 0.3) is 6.43 Å². The second-order valence-electron chi connectivity index (χ2n) is 4.75. The maximum atomic E-state index is 13.3. The van der Waals surface area contributed by atoms with Crippen molar-refractivity contribution in [3.8, 4) is 0 Å². The van der Waals surface area contributed by atoms with E-state index in [9.17, 15) is 31.5 Å². The number of alkyl halides is 5. The van der Waals surface area contributed by atoms with E-state index in [1.165, 1.54) is 13.8 Å². The first-order valence-electron chi connectivity index (χ1n) is 7.35. The molecule has 1 aromatic rings. The Labute approximate surface area is 145 Å². The molecule has 1 rings (SSSR count). The number of aromatic nitrogens is 1. The minimum Gasteiger partial charge on any atom is -0.462 e. The highest BCUT2D eigenvalue weighted by Gasteiger charge is 2.43. The van der Waals surface area contributed by atoms with Gasteiger partial charge in [-0.1, -0.05) is 0 Å². The lowest BCUT2D eigenvalue weighted by Gasteiger charge is -2.20. The zero-order chi connectivity index (χ0) is 20.1. The van der Waals surface area contributed by atoms with Crippen molar-refractivity contribution in [1.29, 1.82) is 0 Å². The Hall–Kier alpha value is -2.30. The number of carbonyl (C=O) groups is 2. The van der Waals surface area contributed by atoms with Gasteiger partial charge in [-0.05, 0) is 13.8 Å². The van der Waals surface area contributed by atoms with E-state index in [0.29, 0.717) is 0 Å². The first kappa shape index (κ1) is 21.7. The van der Waals surface area contributed by atoms with Gasteiger partial charge in [-0.3, -0.25) is 0 Å². The van der Waals surface area contributed by atoms with Crippen LogP contribution in [0.25, 0.3) is 0 Å². The van der Waals surface area contributed by atoms with Gasteiger partial charge in [-0.15, -0.1) is 0 Å². The van der Waals surface area contributed by atoms with Gasteiger partial charge in [-0.25, -0.2) is 23.4 Å². The van der Waals surface area contributed by atoms with Crippen LogP contribution >= 0.6 is 0 Å². The van der Waals surface area contributed by atoms with Crippen LogP contribution in [0.2, 0.25) is 0 Å². The number of ether oxygens (including phenoxy) is 3. The molecule has 0 fully saturated rings. The Morgan fingerprint density at radius 2 is 1.54 bits per heavy atom. The highest BCUT2D eigenvalue weighted by Crippen LogP contribution is 2.37. The number of nitrogens with zero attached hydrogens (tertiary/aromatic N) is 1. The van der Waals surface area contributed by atoms with Gasteiger partial charge in [-0.2, -0.15) is 13.2 Å². The zero-order valence-electron chi connectivity index (χ0n) is 14.1. The molecule has 0 amide bonds. The molecule has 0 spiro atoms. The third-order valence-corrected chi connectivity index (χ3v) is 3.05. The predicted octanol–water partition coefficient (Wildman–Crippen LogP) is 3.54. The molecule has 0 unspecified atom stereocenters. The third-order valence-electron chi connectivity index (χ3n) is 3.05. The highest BCUT2D eigenvalue weighted by molar-refractivity contribution is 5.99. The first-order chi connectivity index (χ1) is 12.1. The van der Waals surface area contributed by atoms with Crippen molar-refractivity contribution in [2.24, 2.45) is 0 Å². The Kier molecular flexibility index (Phi) is 7.42. The van der Waals surface area contributed by atoms with Crippen LogP contribution in [0.1, 0.15) is 57.9 Å². The molecule has 11 heteroatoms. The standard InChI is InChI=1S/C15H16F5NO5/c1-4-25-13(22)8-7(6-24-3)9(14(23)26-5-2)11(15(18,19)20)21-10(8)12(16)17/h12H,4-6H2,1-3H3. The van der Waals surface area contributed by atoms with Gasteiger partial charge >= 0.3 is 18.1 Å². The molecule has 0 aliphatic heterocycles. The second kappa shape index (κ2) is 8.88. The van der Waals surface area contributed by atoms with Crippen LogP contribution < -0.4 is 0 Å².